The molecule has 1 N–H and O–H groups in total. The smallest absolute Gasteiger partial charge is 0.124 e. The zero-order valence-electron chi connectivity index (χ0n) is 10.7. The van der Waals surface area contributed by atoms with Crippen molar-refractivity contribution in [2.24, 2.45) is 0 Å². The van der Waals surface area contributed by atoms with Crippen LogP contribution in [-0.4, -0.2) is 4.98 Å². The number of nitriles is 1. The highest BCUT2D eigenvalue weighted by molar-refractivity contribution is 5.33. The van der Waals surface area contributed by atoms with Crippen LogP contribution in [0.3, 0.4) is 0 Å². The van der Waals surface area contributed by atoms with Gasteiger partial charge in [0.2, 0.25) is 0 Å². The van der Waals surface area contributed by atoms with E-state index < -0.39 is 0 Å². The highest BCUT2D eigenvalue weighted by Gasteiger charge is 2.02. The first-order valence-electron chi connectivity index (χ1n) is 6.00. The molecule has 0 radical (unpaired) electrons. The summed E-state index contributed by atoms with van der Waals surface area (Å²) >= 11 is 0. The number of hydrogen-bond donors (Lipinski definition) is 1. The Balaban J connectivity index is 1.98. The molecule has 0 atom stereocenters. The van der Waals surface area contributed by atoms with Crippen LogP contribution < -0.4 is 5.32 Å². The van der Waals surface area contributed by atoms with Gasteiger partial charge in [-0.3, -0.25) is 4.98 Å². The highest BCUT2D eigenvalue weighted by Crippen LogP contribution is 2.09. The summed E-state index contributed by atoms with van der Waals surface area (Å²) in [6.07, 6.45) is 1.75. The van der Waals surface area contributed by atoms with Crippen molar-refractivity contribution in [3.05, 3.63) is 64.7 Å². The van der Waals surface area contributed by atoms with E-state index in [1.165, 1.54) is 12.1 Å². The Kier molecular flexibility index (Phi) is 4.22. The number of aryl methyl sites for hydroxylation is 1. The van der Waals surface area contributed by atoms with Crippen LogP contribution in [0.15, 0.2) is 36.5 Å². The molecule has 1 heterocycles. The molecule has 0 fully saturated rings. The Bertz CT molecular complexity index is 617. The summed E-state index contributed by atoms with van der Waals surface area (Å²) in [4.78, 5) is 4.27. The molecular weight excluding hydrogens is 241 g/mol. The lowest BCUT2D eigenvalue weighted by Gasteiger charge is -2.07. The topological polar surface area (TPSA) is 48.7 Å². The summed E-state index contributed by atoms with van der Waals surface area (Å²) in [6.45, 7) is 3.12. The minimum Gasteiger partial charge on any atom is -0.307 e. The molecule has 0 unspecified atom stereocenters. The number of aromatic nitrogens is 1. The second-order valence-electron chi connectivity index (χ2n) is 4.33. The standard InChI is InChI=1S/C15H14FN3/c1-11-3-2-4-19-15(11)10-18-9-13-5-12(8-17)6-14(16)7-13/h2-7,18H,9-10H2,1H3. The largest absolute Gasteiger partial charge is 0.307 e. The van der Waals surface area contributed by atoms with Gasteiger partial charge >= 0.3 is 0 Å². The van der Waals surface area contributed by atoms with Crippen molar-refractivity contribution in [2.45, 2.75) is 20.0 Å². The molecule has 0 aliphatic rings. The lowest BCUT2D eigenvalue weighted by atomic mass is 10.1. The summed E-state index contributed by atoms with van der Waals surface area (Å²) < 4.78 is 13.2. The predicted octanol–water partition coefficient (Wildman–Crippen LogP) is 2.69. The number of nitrogens with one attached hydrogen (secondary N) is 1. The number of hydrogen-bond acceptors (Lipinski definition) is 3. The third-order valence-electron chi connectivity index (χ3n) is 2.83. The molecule has 3 nitrogen and oxygen atoms in total. The van der Waals surface area contributed by atoms with Crippen LogP contribution in [0.1, 0.15) is 22.4 Å². The summed E-state index contributed by atoms with van der Waals surface area (Å²) in [5.74, 6) is -0.384. The fourth-order valence-corrected chi connectivity index (χ4v) is 1.85. The highest BCUT2D eigenvalue weighted by atomic mass is 19.1. The van der Waals surface area contributed by atoms with Gasteiger partial charge in [-0.1, -0.05) is 6.07 Å². The number of nitrogens with zero attached hydrogens (tertiary/aromatic N) is 2. The van der Waals surface area contributed by atoms with E-state index in [1.54, 1.807) is 12.3 Å². The second-order valence-corrected chi connectivity index (χ2v) is 4.33. The third kappa shape index (κ3) is 3.60. The van der Waals surface area contributed by atoms with Gasteiger partial charge in [-0.25, -0.2) is 4.39 Å². The zero-order valence-corrected chi connectivity index (χ0v) is 10.7. The van der Waals surface area contributed by atoms with Crippen LogP contribution in [0.5, 0.6) is 0 Å². The van der Waals surface area contributed by atoms with Crippen LogP contribution in [0.4, 0.5) is 4.39 Å². The summed E-state index contributed by atoms with van der Waals surface area (Å²) in [5, 5.41) is 12.0. The van der Waals surface area contributed by atoms with Crippen LogP contribution in [0.25, 0.3) is 0 Å². The maximum Gasteiger partial charge on any atom is 0.124 e. The zero-order chi connectivity index (χ0) is 13.7. The first kappa shape index (κ1) is 13.2. The van der Waals surface area contributed by atoms with Crippen molar-refractivity contribution in [3.8, 4) is 6.07 Å². The van der Waals surface area contributed by atoms with Gasteiger partial charge in [0.1, 0.15) is 5.82 Å². The quantitative estimate of drug-likeness (QED) is 0.913. The van der Waals surface area contributed by atoms with Crippen LogP contribution in [-0.2, 0) is 13.1 Å². The second kappa shape index (κ2) is 6.07. The van der Waals surface area contributed by atoms with Gasteiger partial charge in [0.05, 0.1) is 17.3 Å². The Morgan fingerprint density at radius 3 is 2.89 bits per heavy atom. The van der Waals surface area contributed by atoms with E-state index in [-0.39, 0.29) is 5.82 Å². The molecule has 1 aromatic carbocycles. The van der Waals surface area contributed by atoms with Gasteiger partial charge in [-0.05, 0) is 42.3 Å². The fraction of sp³-hybridized carbons (Fsp3) is 0.200. The molecular formula is C15H14FN3. The lowest BCUT2D eigenvalue weighted by Crippen LogP contribution is -2.14. The molecule has 1 aromatic heterocycles. The number of halogens is 1. The van der Waals surface area contributed by atoms with E-state index >= 15 is 0 Å². The maximum atomic E-state index is 13.2. The van der Waals surface area contributed by atoms with E-state index in [1.807, 2.05) is 25.1 Å². The minimum atomic E-state index is -0.384. The molecule has 0 aliphatic heterocycles. The molecule has 4 heteroatoms. The van der Waals surface area contributed by atoms with E-state index in [0.29, 0.717) is 18.7 Å². The first-order chi connectivity index (χ1) is 9.19. The van der Waals surface area contributed by atoms with Gasteiger partial charge < -0.3 is 5.32 Å². The fourth-order valence-electron chi connectivity index (χ4n) is 1.85. The van der Waals surface area contributed by atoms with Crippen LogP contribution in [0.2, 0.25) is 0 Å². The number of pyridine rings is 1. The maximum absolute atomic E-state index is 13.2. The van der Waals surface area contributed by atoms with E-state index in [2.05, 4.69) is 10.3 Å². The molecule has 0 bridgehead atoms. The Morgan fingerprint density at radius 1 is 1.32 bits per heavy atom. The monoisotopic (exact) mass is 255 g/mol. The molecule has 0 amide bonds. The summed E-state index contributed by atoms with van der Waals surface area (Å²) in [5.41, 5.74) is 3.18. The van der Waals surface area contributed by atoms with Gasteiger partial charge in [0, 0.05) is 19.3 Å². The molecule has 0 aliphatic carbocycles. The number of rotatable bonds is 4. The van der Waals surface area contributed by atoms with Gasteiger partial charge in [0.25, 0.3) is 0 Å². The normalized spacial score (nSPS) is 10.2. The van der Waals surface area contributed by atoms with E-state index in [9.17, 15) is 4.39 Å². The minimum absolute atomic E-state index is 0.339. The molecule has 0 saturated heterocycles. The van der Waals surface area contributed by atoms with Crippen LogP contribution in [0, 0.1) is 24.1 Å². The lowest BCUT2D eigenvalue weighted by molar-refractivity contribution is 0.618. The van der Waals surface area contributed by atoms with Crippen molar-refractivity contribution in [2.75, 3.05) is 0 Å². The van der Waals surface area contributed by atoms with Gasteiger partial charge in [-0.2, -0.15) is 5.26 Å². The van der Waals surface area contributed by atoms with Crippen LogP contribution >= 0.6 is 0 Å². The van der Waals surface area contributed by atoms with Crippen molar-refractivity contribution in [1.29, 1.82) is 5.26 Å². The molecule has 0 spiro atoms. The Morgan fingerprint density at radius 2 is 2.16 bits per heavy atom. The first-order valence-corrected chi connectivity index (χ1v) is 6.00. The average molecular weight is 255 g/mol. The SMILES string of the molecule is Cc1cccnc1CNCc1cc(F)cc(C#N)c1. The van der Waals surface area contributed by atoms with Crippen molar-refractivity contribution >= 4 is 0 Å². The summed E-state index contributed by atoms with van der Waals surface area (Å²) in [6, 6.07) is 10.2. The van der Waals surface area contributed by atoms with Crippen molar-refractivity contribution in [3.63, 3.8) is 0 Å². The molecule has 96 valence electrons. The van der Waals surface area contributed by atoms with E-state index in [0.717, 1.165) is 16.8 Å². The predicted molar refractivity (Wildman–Crippen MR) is 70.6 cm³/mol. The van der Waals surface area contributed by atoms with Gasteiger partial charge in [0.15, 0.2) is 0 Å². The summed E-state index contributed by atoms with van der Waals surface area (Å²) in [7, 11) is 0. The van der Waals surface area contributed by atoms with Gasteiger partial charge in [-0.15, -0.1) is 0 Å². The number of benzene rings is 1. The molecule has 0 saturated carbocycles. The van der Waals surface area contributed by atoms with E-state index in [4.69, 9.17) is 5.26 Å². The molecule has 2 rings (SSSR count). The Hall–Kier alpha value is -2.25. The molecule has 19 heavy (non-hydrogen) atoms. The molecule has 2 aromatic rings. The third-order valence-corrected chi connectivity index (χ3v) is 2.83. The average Bonchev–Trinajstić information content (AvgIpc) is 2.40. The van der Waals surface area contributed by atoms with Crippen molar-refractivity contribution < 1.29 is 4.39 Å². The van der Waals surface area contributed by atoms with Crippen molar-refractivity contribution in [1.82, 2.24) is 10.3 Å². The Labute approximate surface area is 111 Å².